The van der Waals surface area contributed by atoms with E-state index in [1.807, 2.05) is 0 Å². The van der Waals surface area contributed by atoms with E-state index in [-0.39, 0.29) is 0 Å². The lowest BCUT2D eigenvalue weighted by Crippen LogP contribution is -1.92. The average molecular weight is 919 g/mol. The summed E-state index contributed by atoms with van der Waals surface area (Å²) in [5, 5.41) is 4.90. The van der Waals surface area contributed by atoms with E-state index in [9.17, 15) is 0 Å². The standard InChI is InChI=1S/C72H54/c1-5-19-53(20-6-1)45-55-33-37-61(38-34-55)71(59-25-9-3-10-26-59)51-65-31-15-13-23-57(65)41-43-67-49-69-47-63-29-17-18-30-64(63)48-70(69)50-68(67)44-42-58-24-14-16-32-66(58)52-72(60-27-11-4-12-28-60)62-39-35-56(36-40-62)46-54-21-7-2-8-22-54/h1-44,47-52H,45-46H2. The zero-order chi connectivity index (χ0) is 48.3. The molecule has 0 unspecified atom stereocenters. The minimum absolute atomic E-state index is 0.908. The van der Waals surface area contributed by atoms with E-state index >= 15 is 0 Å². The zero-order valence-corrected chi connectivity index (χ0v) is 40.3. The summed E-state index contributed by atoms with van der Waals surface area (Å²) in [6.45, 7) is 0. The minimum atomic E-state index is 0.908. The van der Waals surface area contributed by atoms with E-state index in [2.05, 4.69) is 303 Å². The quantitative estimate of drug-likeness (QED) is 0.0753. The van der Waals surface area contributed by atoms with Gasteiger partial charge in [0.1, 0.15) is 0 Å². The summed E-state index contributed by atoms with van der Waals surface area (Å²) in [6.07, 6.45) is 15.7. The molecular weight excluding hydrogens is 865 g/mol. The summed E-state index contributed by atoms with van der Waals surface area (Å²) < 4.78 is 0. The summed E-state index contributed by atoms with van der Waals surface area (Å²) in [5.74, 6) is 0. The topological polar surface area (TPSA) is 0 Å². The van der Waals surface area contributed by atoms with Gasteiger partial charge in [0.2, 0.25) is 0 Å². The molecule has 0 saturated carbocycles. The molecule has 72 heavy (non-hydrogen) atoms. The second-order valence-corrected chi connectivity index (χ2v) is 18.5. The predicted molar refractivity (Wildman–Crippen MR) is 310 cm³/mol. The highest BCUT2D eigenvalue weighted by atomic mass is 14.2. The summed E-state index contributed by atoms with van der Waals surface area (Å²) in [5.41, 5.74) is 19.3. The van der Waals surface area contributed by atoms with Gasteiger partial charge in [-0.1, -0.05) is 267 Å². The van der Waals surface area contributed by atoms with Crippen LogP contribution in [0.25, 0.3) is 69.1 Å². The van der Waals surface area contributed by atoms with Crippen LogP contribution in [0.2, 0.25) is 0 Å². The number of hydrogen-bond acceptors (Lipinski definition) is 0. The van der Waals surface area contributed by atoms with Crippen molar-refractivity contribution in [1.29, 1.82) is 0 Å². The first-order chi connectivity index (χ1) is 35.6. The molecule has 11 aromatic carbocycles. The van der Waals surface area contributed by atoms with Crippen LogP contribution in [0.4, 0.5) is 0 Å². The van der Waals surface area contributed by atoms with Crippen LogP contribution in [-0.2, 0) is 12.8 Å². The fourth-order valence-corrected chi connectivity index (χ4v) is 9.74. The molecule has 11 aromatic rings. The second kappa shape index (κ2) is 21.7. The largest absolute Gasteiger partial charge is 0.0622 e. The predicted octanol–water partition coefficient (Wildman–Crippen LogP) is 18.7. The fraction of sp³-hybridized carbons (Fsp3) is 0.0278. The van der Waals surface area contributed by atoms with Gasteiger partial charge in [-0.25, -0.2) is 0 Å². The van der Waals surface area contributed by atoms with Crippen molar-refractivity contribution in [3.63, 3.8) is 0 Å². The molecule has 0 bridgehead atoms. The summed E-state index contributed by atoms with van der Waals surface area (Å²) in [4.78, 5) is 0. The van der Waals surface area contributed by atoms with E-state index < -0.39 is 0 Å². The van der Waals surface area contributed by atoms with Gasteiger partial charge in [-0.3, -0.25) is 0 Å². The van der Waals surface area contributed by atoms with E-state index in [0.717, 1.165) is 46.2 Å². The van der Waals surface area contributed by atoms with Gasteiger partial charge in [0.05, 0.1) is 0 Å². The SMILES string of the molecule is C(=Cc1cc2cc3ccccc3cc2cc1C=Cc1ccccc1C=C(c1ccccc1)c1ccc(Cc2ccccc2)cc1)c1ccccc1C=C(c1ccccc1)c1ccc(Cc2ccccc2)cc1. The lowest BCUT2D eigenvalue weighted by atomic mass is 9.92. The maximum absolute atomic E-state index is 2.35. The zero-order valence-electron chi connectivity index (χ0n) is 40.3. The molecule has 0 N–H and O–H groups in total. The van der Waals surface area contributed by atoms with Crippen LogP contribution in [0.5, 0.6) is 0 Å². The Kier molecular flexibility index (Phi) is 13.7. The first kappa shape index (κ1) is 45.3. The van der Waals surface area contributed by atoms with Crippen molar-refractivity contribution < 1.29 is 0 Å². The second-order valence-electron chi connectivity index (χ2n) is 18.5. The van der Waals surface area contributed by atoms with Crippen molar-refractivity contribution in [2.24, 2.45) is 0 Å². The van der Waals surface area contributed by atoms with Gasteiger partial charge in [0.15, 0.2) is 0 Å². The van der Waals surface area contributed by atoms with E-state index in [1.54, 1.807) is 0 Å². The summed E-state index contributed by atoms with van der Waals surface area (Å²) in [6, 6.07) is 96.5. The molecule has 0 aliphatic rings. The molecule has 0 saturated heterocycles. The molecule has 0 radical (unpaired) electrons. The van der Waals surface area contributed by atoms with Crippen molar-refractivity contribution in [3.8, 4) is 0 Å². The molecule has 0 nitrogen and oxygen atoms in total. The van der Waals surface area contributed by atoms with Crippen LogP contribution in [0.1, 0.15) is 77.9 Å². The number of benzene rings is 11. The maximum Gasteiger partial charge on any atom is -0.00258 e. The molecule has 0 heterocycles. The molecule has 342 valence electrons. The Labute approximate surface area is 424 Å². The van der Waals surface area contributed by atoms with Crippen molar-refractivity contribution in [2.45, 2.75) is 12.8 Å². The summed E-state index contributed by atoms with van der Waals surface area (Å²) in [7, 11) is 0. The third-order valence-electron chi connectivity index (χ3n) is 13.6. The first-order valence-corrected chi connectivity index (χ1v) is 25.0. The summed E-state index contributed by atoms with van der Waals surface area (Å²) >= 11 is 0. The molecular formula is C72H54. The monoisotopic (exact) mass is 918 g/mol. The van der Waals surface area contributed by atoms with Gasteiger partial charge in [0, 0.05) is 0 Å². The third kappa shape index (κ3) is 10.9. The Morgan fingerprint density at radius 2 is 0.514 bits per heavy atom. The molecule has 0 atom stereocenters. The highest BCUT2D eigenvalue weighted by Crippen LogP contribution is 2.33. The lowest BCUT2D eigenvalue weighted by molar-refractivity contribution is 1.19. The average Bonchev–Trinajstić information content (AvgIpc) is 3.44. The Bertz CT molecular complexity index is 3470. The normalized spacial score (nSPS) is 12.1. The Morgan fingerprint density at radius 3 is 0.903 bits per heavy atom. The van der Waals surface area contributed by atoms with E-state index in [4.69, 9.17) is 0 Å². The molecule has 0 amide bonds. The van der Waals surface area contributed by atoms with Crippen LogP contribution in [0.15, 0.2) is 267 Å². The maximum atomic E-state index is 2.35. The van der Waals surface area contributed by atoms with Gasteiger partial charge in [-0.2, -0.15) is 0 Å². The Balaban J connectivity index is 0.959. The Hall–Kier alpha value is -9.10. The van der Waals surface area contributed by atoms with Gasteiger partial charge >= 0.3 is 0 Å². The smallest absolute Gasteiger partial charge is 0.00258 e. The minimum Gasteiger partial charge on any atom is -0.0622 e. The number of rotatable bonds is 14. The highest BCUT2D eigenvalue weighted by molar-refractivity contribution is 6.02. The van der Waals surface area contributed by atoms with Gasteiger partial charge in [-0.15, -0.1) is 0 Å². The first-order valence-electron chi connectivity index (χ1n) is 25.0. The van der Waals surface area contributed by atoms with E-state index in [1.165, 1.54) is 77.2 Å². The van der Waals surface area contributed by atoms with E-state index in [0.29, 0.717) is 0 Å². The van der Waals surface area contributed by atoms with Crippen LogP contribution in [0.3, 0.4) is 0 Å². The van der Waals surface area contributed by atoms with Gasteiger partial charge in [-0.05, 0) is 160 Å². The van der Waals surface area contributed by atoms with Crippen molar-refractivity contribution >= 4 is 69.1 Å². The Morgan fingerprint density at radius 1 is 0.222 bits per heavy atom. The van der Waals surface area contributed by atoms with Crippen molar-refractivity contribution in [3.05, 3.63) is 345 Å². The molecule has 0 fully saturated rings. The molecule has 0 aliphatic heterocycles. The van der Waals surface area contributed by atoms with Crippen molar-refractivity contribution in [1.82, 2.24) is 0 Å². The lowest BCUT2D eigenvalue weighted by Gasteiger charge is -2.12. The molecule has 0 heteroatoms. The van der Waals surface area contributed by atoms with Crippen LogP contribution in [0, 0.1) is 0 Å². The number of fused-ring (bicyclic) bond motifs is 2. The van der Waals surface area contributed by atoms with Gasteiger partial charge < -0.3 is 0 Å². The van der Waals surface area contributed by atoms with Gasteiger partial charge in [0.25, 0.3) is 0 Å². The fourth-order valence-electron chi connectivity index (χ4n) is 9.74. The van der Waals surface area contributed by atoms with Crippen LogP contribution < -0.4 is 0 Å². The molecule has 11 rings (SSSR count). The van der Waals surface area contributed by atoms with Crippen LogP contribution >= 0.6 is 0 Å². The molecule has 0 aromatic heterocycles. The third-order valence-corrected chi connectivity index (χ3v) is 13.6. The van der Waals surface area contributed by atoms with Crippen molar-refractivity contribution in [2.75, 3.05) is 0 Å². The molecule has 0 spiro atoms. The highest BCUT2D eigenvalue weighted by Gasteiger charge is 2.11. The molecule has 0 aliphatic carbocycles. The number of hydrogen-bond donors (Lipinski definition) is 0. The van der Waals surface area contributed by atoms with Crippen LogP contribution in [-0.4, -0.2) is 0 Å².